The molecule has 0 aliphatic carbocycles. The number of rotatable bonds is 53. The van der Waals surface area contributed by atoms with Gasteiger partial charge >= 0.3 is 17.9 Å². The molecule has 1 atom stereocenters. The summed E-state index contributed by atoms with van der Waals surface area (Å²) in [5.74, 6) is -0.902. The maximum atomic E-state index is 12.9. The Morgan fingerprint density at radius 3 is 0.913 bits per heavy atom. The summed E-state index contributed by atoms with van der Waals surface area (Å²) in [6.07, 6.45) is 73.2. The molecule has 0 saturated heterocycles. The third-order valence-electron chi connectivity index (χ3n) is 12.7. The molecule has 0 fully saturated rings. The Kier molecular flexibility index (Phi) is 54.8. The summed E-state index contributed by atoms with van der Waals surface area (Å²) in [6.45, 7) is 6.50. The van der Waals surface area contributed by atoms with Gasteiger partial charge in [-0.1, -0.05) is 254 Å². The van der Waals surface area contributed by atoms with E-state index in [2.05, 4.69) is 93.7 Å². The molecule has 0 aromatic heterocycles. The van der Waals surface area contributed by atoms with Gasteiger partial charge in [-0.25, -0.2) is 0 Å². The maximum Gasteiger partial charge on any atom is 0.306 e. The number of allylic oxidation sites excluding steroid dienone is 12. The van der Waals surface area contributed by atoms with Gasteiger partial charge in [0.15, 0.2) is 6.10 Å². The largest absolute Gasteiger partial charge is 0.462 e. The number of unbranched alkanes of at least 4 members (excludes halogenated alkanes) is 30. The van der Waals surface area contributed by atoms with Crippen molar-refractivity contribution < 1.29 is 28.6 Å². The Labute approximate surface area is 427 Å². The summed E-state index contributed by atoms with van der Waals surface area (Å²) in [6, 6.07) is 0. The first-order chi connectivity index (χ1) is 34.0. The molecule has 0 rings (SSSR count). The second-order valence-electron chi connectivity index (χ2n) is 19.5. The number of carbonyl (C=O) groups excluding carboxylic acids is 3. The van der Waals surface area contributed by atoms with Crippen molar-refractivity contribution in [3.05, 3.63) is 72.9 Å². The van der Waals surface area contributed by atoms with E-state index in [9.17, 15) is 14.4 Å². The van der Waals surface area contributed by atoms with Crippen LogP contribution in [0.3, 0.4) is 0 Å². The molecule has 398 valence electrons. The molecule has 0 aliphatic rings. The Bertz CT molecular complexity index is 1290. The van der Waals surface area contributed by atoms with Gasteiger partial charge < -0.3 is 14.2 Å². The van der Waals surface area contributed by atoms with Gasteiger partial charge in [0, 0.05) is 19.3 Å². The van der Waals surface area contributed by atoms with Gasteiger partial charge in [-0.2, -0.15) is 0 Å². The third-order valence-corrected chi connectivity index (χ3v) is 12.7. The third kappa shape index (κ3) is 55.6. The fourth-order valence-electron chi connectivity index (χ4n) is 8.29. The fraction of sp³-hybridized carbons (Fsp3) is 0.762. The van der Waals surface area contributed by atoms with Crippen LogP contribution < -0.4 is 0 Å². The number of hydrogen-bond acceptors (Lipinski definition) is 6. The first-order valence-electron chi connectivity index (χ1n) is 29.4. The van der Waals surface area contributed by atoms with E-state index in [1.165, 1.54) is 135 Å². The van der Waals surface area contributed by atoms with Crippen LogP contribution in [0.1, 0.15) is 290 Å². The molecule has 69 heavy (non-hydrogen) atoms. The molecule has 0 aromatic rings. The van der Waals surface area contributed by atoms with Crippen molar-refractivity contribution in [3.63, 3.8) is 0 Å². The Hall–Kier alpha value is -3.15. The zero-order valence-corrected chi connectivity index (χ0v) is 45.6. The molecule has 0 N–H and O–H groups in total. The molecule has 0 aromatic carbocycles. The normalized spacial score (nSPS) is 12.6. The zero-order valence-electron chi connectivity index (χ0n) is 45.6. The van der Waals surface area contributed by atoms with Gasteiger partial charge in [-0.05, 0) is 89.9 Å². The van der Waals surface area contributed by atoms with Crippen LogP contribution in [0.5, 0.6) is 0 Å². The Morgan fingerprint density at radius 2 is 0.565 bits per heavy atom. The quantitative estimate of drug-likeness (QED) is 0.0262. The molecule has 0 bridgehead atoms. The lowest BCUT2D eigenvalue weighted by Gasteiger charge is -2.18. The van der Waals surface area contributed by atoms with Crippen molar-refractivity contribution in [2.24, 2.45) is 0 Å². The number of ether oxygens (including phenoxy) is 3. The van der Waals surface area contributed by atoms with Gasteiger partial charge in [0.25, 0.3) is 0 Å². The smallest absolute Gasteiger partial charge is 0.306 e. The Balaban J connectivity index is 4.40. The van der Waals surface area contributed by atoms with Crippen LogP contribution in [-0.2, 0) is 28.6 Å². The summed E-state index contributed by atoms with van der Waals surface area (Å²) in [5.41, 5.74) is 0. The highest BCUT2D eigenvalue weighted by Gasteiger charge is 2.19. The van der Waals surface area contributed by atoms with Crippen LogP contribution in [0.4, 0.5) is 0 Å². The van der Waals surface area contributed by atoms with Crippen LogP contribution in [0, 0.1) is 0 Å². The van der Waals surface area contributed by atoms with Crippen molar-refractivity contribution in [1.82, 2.24) is 0 Å². The lowest BCUT2D eigenvalue weighted by atomic mass is 10.0. The minimum absolute atomic E-state index is 0.0859. The van der Waals surface area contributed by atoms with Crippen molar-refractivity contribution in [2.45, 2.75) is 297 Å². The molecule has 0 radical (unpaired) electrons. The molecule has 1 unspecified atom stereocenters. The maximum absolute atomic E-state index is 12.9. The Morgan fingerprint density at radius 1 is 0.304 bits per heavy atom. The minimum atomic E-state index is -0.787. The lowest BCUT2D eigenvalue weighted by molar-refractivity contribution is -0.167. The fourth-order valence-corrected chi connectivity index (χ4v) is 8.29. The van der Waals surface area contributed by atoms with Gasteiger partial charge in [-0.3, -0.25) is 14.4 Å². The summed E-state index contributed by atoms with van der Waals surface area (Å²) in [7, 11) is 0. The van der Waals surface area contributed by atoms with E-state index in [4.69, 9.17) is 14.2 Å². The topological polar surface area (TPSA) is 78.9 Å². The van der Waals surface area contributed by atoms with Crippen molar-refractivity contribution in [1.29, 1.82) is 0 Å². The van der Waals surface area contributed by atoms with Gasteiger partial charge in [-0.15, -0.1) is 0 Å². The minimum Gasteiger partial charge on any atom is -0.462 e. The molecule has 0 spiro atoms. The van der Waals surface area contributed by atoms with Crippen molar-refractivity contribution in [3.8, 4) is 0 Å². The second-order valence-corrected chi connectivity index (χ2v) is 19.5. The highest BCUT2D eigenvalue weighted by atomic mass is 16.6. The number of carbonyl (C=O) groups is 3. The van der Waals surface area contributed by atoms with Crippen LogP contribution in [0.2, 0.25) is 0 Å². The average molecular weight is 964 g/mol. The highest BCUT2D eigenvalue weighted by Crippen LogP contribution is 2.16. The summed E-state index contributed by atoms with van der Waals surface area (Å²) in [4.78, 5) is 38.2. The first kappa shape index (κ1) is 65.8. The predicted molar refractivity (Wildman–Crippen MR) is 298 cm³/mol. The lowest BCUT2D eigenvalue weighted by Crippen LogP contribution is -2.30. The number of hydrogen-bond donors (Lipinski definition) is 0. The summed E-state index contributed by atoms with van der Waals surface area (Å²) >= 11 is 0. The monoisotopic (exact) mass is 963 g/mol. The van der Waals surface area contributed by atoms with Gasteiger partial charge in [0.05, 0.1) is 0 Å². The van der Waals surface area contributed by atoms with E-state index >= 15 is 0 Å². The molecular formula is C63H110O6. The van der Waals surface area contributed by atoms with Gasteiger partial charge in [0.1, 0.15) is 13.2 Å². The van der Waals surface area contributed by atoms with Crippen LogP contribution >= 0.6 is 0 Å². The molecule has 0 saturated carbocycles. The van der Waals surface area contributed by atoms with Gasteiger partial charge in [0.2, 0.25) is 0 Å². The van der Waals surface area contributed by atoms with E-state index in [-0.39, 0.29) is 31.1 Å². The predicted octanol–water partition coefficient (Wildman–Crippen LogP) is 19.8. The second kappa shape index (κ2) is 57.4. The molecule has 0 aliphatic heterocycles. The average Bonchev–Trinajstić information content (AvgIpc) is 3.35. The van der Waals surface area contributed by atoms with E-state index < -0.39 is 6.10 Å². The van der Waals surface area contributed by atoms with E-state index in [1.54, 1.807) is 0 Å². The van der Waals surface area contributed by atoms with Crippen molar-refractivity contribution >= 4 is 17.9 Å². The van der Waals surface area contributed by atoms with Crippen LogP contribution in [-0.4, -0.2) is 37.2 Å². The molecular weight excluding hydrogens is 853 g/mol. The highest BCUT2D eigenvalue weighted by molar-refractivity contribution is 5.71. The standard InChI is InChI=1S/C63H110O6/c1-4-7-10-13-16-19-22-25-28-30-31-33-35-38-41-44-47-50-53-56-62(65)68-59-60(58-67-61(64)55-52-49-46-43-40-37-34-27-24-21-18-15-12-9-6-3)69-63(66)57-54-51-48-45-42-39-36-32-29-26-23-20-17-14-11-8-5-2/h9,12,16,18-19,21,25,27-28,31,33-34,60H,4-8,10-11,13-15,17,20,22-24,26,29-30,32,35-59H2,1-3H3/b12-9-,19-16-,21-18-,28-25-,33-31-,34-27-. The SMILES string of the molecule is CC/C=C\C/C=C\C/C=C\CCCCCCCC(=O)OCC(COC(=O)CCCCCCCC/C=C\C/C=C\C/C=C\CCCCC)OC(=O)CCCCCCCCCCCCCCCCCCC. The van der Waals surface area contributed by atoms with Crippen LogP contribution in [0.15, 0.2) is 72.9 Å². The summed E-state index contributed by atoms with van der Waals surface area (Å²) < 4.78 is 16.9. The summed E-state index contributed by atoms with van der Waals surface area (Å²) in [5, 5.41) is 0. The number of esters is 3. The molecule has 0 heterocycles. The molecule has 0 amide bonds. The van der Waals surface area contributed by atoms with Crippen molar-refractivity contribution in [2.75, 3.05) is 13.2 Å². The van der Waals surface area contributed by atoms with E-state index in [0.29, 0.717) is 19.3 Å². The molecule has 6 nitrogen and oxygen atoms in total. The zero-order chi connectivity index (χ0) is 50.0. The first-order valence-corrected chi connectivity index (χ1v) is 29.4. The van der Waals surface area contributed by atoms with E-state index in [1.807, 2.05) is 0 Å². The van der Waals surface area contributed by atoms with E-state index in [0.717, 1.165) is 116 Å². The molecule has 6 heteroatoms. The van der Waals surface area contributed by atoms with Crippen LogP contribution in [0.25, 0.3) is 0 Å².